The van der Waals surface area contributed by atoms with E-state index in [1.54, 1.807) is 49.6 Å². The van der Waals surface area contributed by atoms with E-state index < -0.39 is 0 Å². The van der Waals surface area contributed by atoms with E-state index in [1.807, 2.05) is 18.2 Å². The molecule has 0 saturated heterocycles. The van der Waals surface area contributed by atoms with Crippen molar-refractivity contribution in [3.05, 3.63) is 48.4 Å². The molecule has 0 saturated carbocycles. The summed E-state index contributed by atoms with van der Waals surface area (Å²) >= 11 is 2.79. The minimum Gasteiger partial charge on any atom is -0.481 e. The molecule has 0 bridgehead atoms. The lowest BCUT2D eigenvalue weighted by atomic mass is 10.3. The highest BCUT2D eigenvalue weighted by Gasteiger charge is 2.18. The highest BCUT2D eigenvalue weighted by molar-refractivity contribution is 8.14. The SMILES string of the molecule is COc1ccc(Sc2ccc(SC3=NN=CC3)nc2C(=O)Nc2ccn(C)n2)cn1. The van der Waals surface area contributed by atoms with Crippen LogP contribution in [-0.2, 0) is 7.05 Å². The Labute approximate surface area is 181 Å². The zero-order valence-corrected chi connectivity index (χ0v) is 17.8. The highest BCUT2D eigenvalue weighted by atomic mass is 32.2. The average Bonchev–Trinajstić information content (AvgIpc) is 3.41. The fraction of sp³-hybridized carbons (Fsp3) is 0.158. The molecular weight excluding hydrogens is 422 g/mol. The van der Waals surface area contributed by atoms with Gasteiger partial charge in [-0.3, -0.25) is 9.48 Å². The van der Waals surface area contributed by atoms with Crippen molar-refractivity contribution in [2.75, 3.05) is 12.4 Å². The third-order valence-corrected chi connectivity index (χ3v) is 5.84. The fourth-order valence-corrected chi connectivity index (χ4v) is 4.14. The third kappa shape index (κ3) is 4.86. The van der Waals surface area contributed by atoms with E-state index in [2.05, 4.69) is 30.6 Å². The lowest BCUT2D eigenvalue weighted by molar-refractivity contribution is 0.101. The number of pyridine rings is 2. The Kier molecular flexibility index (Phi) is 6.10. The van der Waals surface area contributed by atoms with Crippen molar-refractivity contribution in [2.45, 2.75) is 21.2 Å². The van der Waals surface area contributed by atoms with Gasteiger partial charge >= 0.3 is 0 Å². The molecule has 1 N–H and O–H groups in total. The molecule has 1 aliphatic heterocycles. The van der Waals surface area contributed by atoms with E-state index in [4.69, 9.17) is 4.74 Å². The van der Waals surface area contributed by atoms with E-state index in [-0.39, 0.29) is 5.91 Å². The van der Waals surface area contributed by atoms with Crippen molar-refractivity contribution in [1.29, 1.82) is 0 Å². The second-order valence-corrected chi connectivity index (χ2v) is 8.27. The molecule has 0 radical (unpaired) electrons. The van der Waals surface area contributed by atoms with E-state index in [0.717, 1.165) is 9.94 Å². The predicted molar refractivity (Wildman–Crippen MR) is 117 cm³/mol. The van der Waals surface area contributed by atoms with Gasteiger partial charge < -0.3 is 10.1 Å². The molecule has 4 heterocycles. The number of amides is 1. The van der Waals surface area contributed by atoms with Gasteiger partial charge in [-0.25, -0.2) is 9.97 Å². The topological polar surface area (TPSA) is 107 Å². The summed E-state index contributed by atoms with van der Waals surface area (Å²) in [5.74, 6) is 0.639. The number of rotatable bonds is 6. The maximum Gasteiger partial charge on any atom is 0.276 e. The van der Waals surface area contributed by atoms with E-state index in [9.17, 15) is 4.79 Å². The molecule has 0 unspecified atom stereocenters. The number of aryl methyl sites for hydroxylation is 1. The van der Waals surface area contributed by atoms with Gasteiger partial charge in [-0.15, -0.1) is 5.10 Å². The molecule has 3 aromatic heterocycles. The van der Waals surface area contributed by atoms with Crippen molar-refractivity contribution >= 4 is 46.5 Å². The molecule has 11 heteroatoms. The Hall–Kier alpha value is -3.18. The van der Waals surface area contributed by atoms with Crippen molar-refractivity contribution < 1.29 is 9.53 Å². The lowest BCUT2D eigenvalue weighted by Crippen LogP contribution is -2.16. The monoisotopic (exact) mass is 439 g/mol. The van der Waals surface area contributed by atoms with Gasteiger partial charge in [0.15, 0.2) is 5.82 Å². The third-order valence-electron chi connectivity index (χ3n) is 3.89. The zero-order valence-electron chi connectivity index (χ0n) is 16.1. The van der Waals surface area contributed by atoms with Crippen molar-refractivity contribution in [3.63, 3.8) is 0 Å². The van der Waals surface area contributed by atoms with Gasteiger partial charge in [0.1, 0.15) is 15.8 Å². The molecule has 1 aliphatic rings. The zero-order chi connectivity index (χ0) is 20.9. The van der Waals surface area contributed by atoms with Crippen LogP contribution in [-0.4, -0.2) is 44.0 Å². The van der Waals surface area contributed by atoms with Crippen LogP contribution in [0, 0.1) is 0 Å². The Morgan fingerprint density at radius 3 is 2.77 bits per heavy atom. The van der Waals surface area contributed by atoms with Gasteiger partial charge in [-0.1, -0.05) is 23.5 Å². The number of carbonyl (C=O) groups is 1. The number of thioether (sulfide) groups is 1. The van der Waals surface area contributed by atoms with Crippen LogP contribution in [0.2, 0.25) is 0 Å². The summed E-state index contributed by atoms with van der Waals surface area (Å²) in [5.41, 5.74) is 0.297. The first-order valence-corrected chi connectivity index (χ1v) is 10.5. The van der Waals surface area contributed by atoms with Crippen LogP contribution in [0.1, 0.15) is 16.9 Å². The van der Waals surface area contributed by atoms with Crippen molar-refractivity contribution in [1.82, 2.24) is 19.7 Å². The largest absolute Gasteiger partial charge is 0.481 e. The quantitative estimate of drug-likeness (QED) is 0.626. The predicted octanol–water partition coefficient (Wildman–Crippen LogP) is 3.50. The molecule has 0 aliphatic carbocycles. The standard InChI is InChI=1S/C19H17N7O2S2/c1-26-10-8-14(25-26)22-19(27)18-13(29-12-3-5-15(28-2)20-11-12)4-6-16(23-18)30-17-7-9-21-24-17/h3-6,8-11H,7H2,1-2H3,(H,22,25,27). The summed E-state index contributed by atoms with van der Waals surface area (Å²) in [6, 6.07) is 9.10. The van der Waals surface area contributed by atoms with Gasteiger partial charge in [0, 0.05) is 54.0 Å². The van der Waals surface area contributed by atoms with Gasteiger partial charge in [-0.2, -0.15) is 10.2 Å². The molecule has 0 fully saturated rings. The molecule has 30 heavy (non-hydrogen) atoms. The first-order valence-electron chi connectivity index (χ1n) is 8.87. The Balaban J connectivity index is 1.61. The van der Waals surface area contributed by atoms with Crippen LogP contribution >= 0.6 is 23.5 Å². The summed E-state index contributed by atoms with van der Waals surface area (Å²) in [4.78, 5) is 23.3. The highest BCUT2D eigenvalue weighted by Crippen LogP contribution is 2.32. The number of carbonyl (C=O) groups excluding carboxylic acids is 1. The molecule has 0 atom stereocenters. The number of hydrogen-bond donors (Lipinski definition) is 1. The first kappa shape index (κ1) is 20.1. The average molecular weight is 440 g/mol. The maximum atomic E-state index is 13.0. The normalized spacial score (nSPS) is 12.7. The molecular formula is C19H17N7O2S2. The molecule has 9 nitrogen and oxygen atoms in total. The van der Waals surface area contributed by atoms with Gasteiger partial charge in [-0.05, 0) is 18.2 Å². The molecule has 0 spiro atoms. The Morgan fingerprint density at radius 1 is 1.20 bits per heavy atom. The van der Waals surface area contributed by atoms with Crippen LogP contribution in [0.15, 0.2) is 67.7 Å². The summed E-state index contributed by atoms with van der Waals surface area (Å²) in [7, 11) is 3.35. The number of methoxy groups -OCH3 is 1. The first-order chi connectivity index (χ1) is 14.6. The number of aromatic nitrogens is 4. The Bertz CT molecular complexity index is 1130. The number of anilines is 1. The van der Waals surface area contributed by atoms with Crippen LogP contribution in [0.5, 0.6) is 5.88 Å². The lowest BCUT2D eigenvalue weighted by Gasteiger charge is -2.10. The summed E-state index contributed by atoms with van der Waals surface area (Å²) in [5, 5.41) is 16.4. The molecule has 0 aromatic carbocycles. The number of ether oxygens (including phenoxy) is 1. The number of nitrogens with one attached hydrogen (secondary N) is 1. The van der Waals surface area contributed by atoms with Crippen molar-refractivity contribution in [2.24, 2.45) is 17.3 Å². The summed E-state index contributed by atoms with van der Waals surface area (Å²) in [6.45, 7) is 0. The molecule has 152 valence electrons. The van der Waals surface area contributed by atoms with E-state index in [1.165, 1.54) is 23.5 Å². The van der Waals surface area contributed by atoms with Crippen LogP contribution in [0.4, 0.5) is 5.82 Å². The summed E-state index contributed by atoms with van der Waals surface area (Å²) in [6.07, 6.45) is 5.84. The molecule has 1 amide bonds. The summed E-state index contributed by atoms with van der Waals surface area (Å²) < 4.78 is 6.72. The number of hydrogen-bond acceptors (Lipinski definition) is 9. The minimum atomic E-state index is -0.343. The fourth-order valence-electron chi connectivity index (χ4n) is 2.51. The van der Waals surface area contributed by atoms with Crippen LogP contribution in [0.25, 0.3) is 0 Å². The van der Waals surface area contributed by atoms with Crippen molar-refractivity contribution in [3.8, 4) is 5.88 Å². The van der Waals surface area contributed by atoms with Crippen LogP contribution in [0.3, 0.4) is 0 Å². The van der Waals surface area contributed by atoms with E-state index >= 15 is 0 Å². The molecule has 3 aromatic rings. The minimum absolute atomic E-state index is 0.297. The number of nitrogens with zero attached hydrogens (tertiary/aromatic N) is 6. The smallest absolute Gasteiger partial charge is 0.276 e. The van der Waals surface area contributed by atoms with E-state index in [0.29, 0.717) is 33.7 Å². The van der Waals surface area contributed by atoms with Crippen LogP contribution < -0.4 is 10.1 Å². The second kappa shape index (κ2) is 9.09. The molecule has 4 rings (SSSR count). The van der Waals surface area contributed by atoms with Gasteiger partial charge in [0.25, 0.3) is 5.91 Å². The second-order valence-electron chi connectivity index (χ2n) is 6.06. The maximum absolute atomic E-state index is 13.0. The van der Waals surface area contributed by atoms with Gasteiger partial charge in [0.05, 0.1) is 7.11 Å². The Morgan fingerprint density at radius 2 is 2.10 bits per heavy atom. The van der Waals surface area contributed by atoms with Gasteiger partial charge in [0.2, 0.25) is 5.88 Å².